The highest BCUT2D eigenvalue weighted by atomic mass is 16.5. The second-order valence-corrected chi connectivity index (χ2v) is 7.61. The summed E-state index contributed by atoms with van der Waals surface area (Å²) in [5.74, 6) is -1.45. The second-order valence-electron chi connectivity index (χ2n) is 7.61. The number of esters is 1. The van der Waals surface area contributed by atoms with Crippen molar-refractivity contribution in [2.45, 2.75) is 72.3 Å². The molecule has 4 heteroatoms. The molecule has 4 nitrogen and oxygen atoms in total. The maximum Gasteiger partial charge on any atom is 0.339 e. The molecule has 24 heavy (non-hydrogen) atoms. The molecule has 1 atom stereocenters. The number of hydrogen-bond donors (Lipinski definition) is 1. The largest absolute Gasteiger partial charge is 0.478 e. The molecule has 0 aliphatic heterocycles. The van der Waals surface area contributed by atoms with E-state index in [0.717, 1.165) is 19.3 Å². The molecular weight excluding hydrogens is 304 g/mol. The minimum absolute atomic E-state index is 0.0491. The molecule has 1 unspecified atom stereocenters. The van der Waals surface area contributed by atoms with E-state index >= 15 is 0 Å². The Labute approximate surface area is 145 Å². The molecule has 1 aromatic rings. The molecule has 1 aromatic carbocycles. The van der Waals surface area contributed by atoms with Gasteiger partial charge in [0.1, 0.15) is 6.10 Å². The van der Waals surface area contributed by atoms with E-state index in [9.17, 15) is 14.7 Å². The van der Waals surface area contributed by atoms with Crippen LogP contribution in [0.1, 0.15) is 87.1 Å². The zero-order valence-corrected chi connectivity index (χ0v) is 15.7. The third kappa shape index (κ3) is 5.08. The Morgan fingerprint density at radius 3 is 2.29 bits per heavy atom. The van der Waals surface area contributed by atoms with Crippen LogP contribution in [0, 0.1) is 5.92 Å². The van der Waals surface area contributed by atoms with Crippen molar-refractivity contribution in [1.82, 2.24) is 0 Å². The van der Waals surface area contributed by atoms with Crippen molar-refractivity contribution in [2.24, 2.45) is 5.92 Å². The highest BCUT2D eigenvalue weighted by Gasteiger charge is 2.28. The highest BCUT2D eigenvalue weighted by molar-refractivity contribution is 6.03. The van der Waals surface area contributed by atoms with E-state index < -0.39 is 11.9 Å². The van der Waals surface area contributed by atoms with Gasteiger partial charge in [0.15, 0.2) is 0 Å². The summed E-state index contributed by atoms with van der Waals surface area (Å²) < 4.78 is 5.66. The molecule has 0 bridgehead atoms. The lowest BCUT2D eigenvalue weighted by molar-refractivity contribution is 0.0148. The van der Waals surface area contributed by atoms with E-state index in [0.29, 0.717) is 5.56 Å². The van der Waals surface area contributed by atoms with E-state index in [4.69, 9.17) is 4.74 Å². The van der Waals surface area contributed by atoms with Crippen LogP contribution in [-0.2, 0) is 10.2 Å². The van der Waals surface area contributed by atoms with Crippen LogP contribution in [-0.4, -0.2) is 23.1 Å². The number of carbonyl (C=O) groups excluding carboxylic acids is 1. The minimum Gasteiger partial charge on any atom is -0.478 e. The molecule has 0 spiro atoms. The predicted molar refractivity (Wildman–Crippen MR) is 95.7 cm³/mol. The Morgan fingerprint density at radius 2 is 1.83 bits per heavy atom. The first-order valence-electron chi connectivity index (χ1n) is 8.67. The van der Waals surface area contributed by atoms with Gasteiger partial charge in [0.25, 0.3) is 0 Å². The van der Waals surface area contributed by atoms with Crippen LogP contribution in [0.5, 0.6) is 0 Å². The fraction of sp³-hybridized carbons (Fsp3) is 0.600. The van der Waals surface area contributed by atoms with Crippen LogP contribution in [0.4, 0.5) is 0 Å². The summed E-state index contributed by atoms with van der Waals surface area (Å²) in [4.78, 5) is 24.4. The van der Waals surface area contributed by atoms with E-state index in [2.05, 4.69) is 6.92 Å². The van der Waals surface area contributed by atoms with Gasteiger partial charge in [-0.15, -0.1) is 0 Å². The number of carboxylic acid groups (broad SMARTS) is 1. The van der Waals surface area contributed by atoms with Gasteiger partial charge < -0.3 is 9.84 Å². The number of carbonyl (C=O) groups is 2. The molecule has 0 fully saturated rings. The molecule has 0 saturated heterocycles. The van der Waals surface area contributed by atoms with Gasteiger partial charge in [-0.2, -0.15) is 0 Å². The number of benzene rings is 1. The van der Waals surface area contributed by atoms with E-state index in [1.165, 1.54) is 6.07 Å². The lowest BCUT2D eigenvalue weighted by atomic mass is 9.82. The van der Waals surface area contributed by atoms with Gasteiger partial charge in [-0.3, -0.25) is 0 Å². The minimum atomic E-state index is -1.10. The average molecular weight is 334 g/mol. The molecule has 134 valence electrons. The monoisotopic (exact) mass is 334 g/mol. The number of unbranched alkanes of at least 4 members (excludes halogenated alkanes) is 1. The van der Waals surface area contributed by atoms with Crippen LogP contribution >= 0.6 is 0 Å². The SMILES string of the molecule is CCCCC(OC(=O)c1cccc(C(C)(C)C)c1C(=O)O)C(C)C. The summed E-state index contributed by atoms with van der Waals surface area (Å²) in [6.07, 6.45) is 2.60. The molecule has 0 aliphatic rings. The van der Waals surface area contributed by atoms with Gasteiger partial charge in [0.2, 0.25) is 0 Å². The average Bonchev–Trinajstić information content (AvgIpc) is 2.49. The molecule has 0 amide bonds. The third-order valence-corrected chi connectivity index (χ3v) is 4.15. The van der Waals surface area contributed by atoms with Crippen molar-refractivity contribution in [2.75, 3.05) is 0 Å². The van der Waals surface area contributed by atoms with E-state index in [-0.39, 0.29) is 28.6 Å². The van der Waals surface area contributed by atoms with Crippen molar-refractivity contribution in [1.29, 1.82) is 0 Å². The van der Waals surface area contributed by atoms with Gasteiger partial charge >= 0.3 is 11.9 Å². The van der Waals surface area contributed by atoms with Gasteiger partial charge in [-0.1, -0.05) is 66.5 Å². The number of rotatable bonds is 7. The second kappa shape index (κ2) is 8.32. The van der Waals surface area contributed by atoms with E-state index in [1.807, 2.05) is 34.6 Å². The molecule has 0 saturated carbocycles. The normalized spacial score (nSPS) is 13.0. The van der Waals surface area contributed by atoms with Crippen LogP contribution in [0.25, 0.3) is 0 Å². The summed E-state index contributed by atoms with van der Waals surface area (Å²) >= 11 is 0. The smallest absolute Gasteiger partial charge is 0.339 e. The maximum absolute atomic E-state index is 12.6. The zero-order chi connectivity index (χ0) is 18.5. The van der Waals surface area contributed by atoms with Gasteiger partial charge in [0, 0.05) is 0 Å². The summed E-state index contributed by atoms with van der Waals surface area (Å²) in [5.41, 5.74) is 0.452. The standard InChI is InChI=1S/C20H30O4/c1-7-8-12-16(13(2)3)24-19(23)14-10-9-11-15(20(4,5)6)17(14)18(21)22/h9-11,13,16H,7-8,12H2,1-6H3,(H,21,22). The van der Waals surface area contributed by atoms with Gasteiger partial charge in [-0.05, 0) is 29.4 Å². The lowest BCUT2D eigenvalue weighted by Crippen LogP contribution is -2.26. The fourth-order valence-corrected chi connectivity index (χ4v) is 2.71. The molecule has 0 aliphatic carbocycles. The summed E-state index contributed by atoms with van der Waals surface area (Å²) in [5, 5.41) is 9.64. The maximum atomic E-state index is 12.6. The fourth-order valence-electron chi connectivity index (χ4n) is 2.71. The zero-order valence-electron chi connectivity index (χ0n) is 15.7. The van der Waals surface area contributed by atoms with E-state index in [1.54, 1.807) is 12.1 Å². The first-order valence-corrected chi connectivity index (χ1v) is 8.67. The Balaban J connectivity index is 3.21. The number of hydrogen-bond acceptors (Lipinski definition) is 3. The third-order valence-electron chi connectivity index (χ3n) is 4.15. The Hall–Kier alpha value is -1.84. The van der Waals surface area contributed by atoms with Crippen molar-refractivity contribution in [3.63, 3.8) is 0 Å². The summed E-state index contributed by atoms with van der Waals surface area (Å²) in [6.45, 7) is 11.9. The van der Waals surface area contributed by atoms with Crippen LogP contribution < -0.4 is 0 Å². The number of carboxylic acids is 1. The van der Waals surface area contributed by atoms with Gasteiger partial charge in [-0.25, -0.2) is 9.59 Å². The van der Waals surface area contributed by atoms with Crippen molar-refractivity contribution in [3.8, 4) is 0 Å². The lowest BCUT2D eigenvalue weighted by Gasteiger charge is -2.24. The Bertz CT molecular complexity index is 582. The molecule has 0 aromatic heterocycles. The van der Waals surface area contributed by atoms with Crippen LogP contribution in [0.15, 0.2) is 18.2 Å². The van der Waals surface area contributed by atoms with Gasteiger partial charge in [0.05, 0.1) is 11.1 Å². The van der Waals surface area contributed by atoms with Crippen LogP contribution in [0.2, 0.25) is 0 Å². The summed E-state index contributed by atoms with van der Waals surface area (Å²) in [6, 6.07) is 5.02. The Morgan fingerprint density at radius 1 is 1.21 bits per heavy atom. The first-order chi connectivity index (χ1) is 11.1. The van der Waals surface area contributed by atoms with Crippen LogP contribution in [0.3, 0.4) is 0 Å². The molecule has 0 radical (unpaired) electrons. The molecule has 0 heterocycles. The quantitative estimate of drug-likeness (QED) is 0.708. The number of ether oxygens (including phenoxy) is 1. The molecular formula is C20H30O4. The predicted octanol–water partition coefficient (Wildman–Crippen LogP) is 5.05. The molecule has 1 N–H and O–H groups in total. The highest BCUT2D eigenvalue weighted by Crippen LogP contribution is 2.29. The van der Waals surface area contributed by atoms with Crippen molar-refractivity contribution in [3.05, 3.63) is 34.9 Å². The Kier molecular flexibility index (Phi) is 7.00. The summed E-state index contributed by atoms with van der Waals surface area (Å²) in [7, 11) is 0. The van der Waals surface area contributed by atoms with Crippen molar-refractivity contribution >= 4 is 11.9 Å². The molecule has 1 rings (SSSR count). The first kappa shape index (κ1) is 20.2. The van der Waals surface area contributed by atoms with Crippen molar-refractivity contribution < 1.29 is 19.4 Å². The number of aromatic carboxylic acids is 1. The topological polar surface area (TPSA) is 63.6 Å².